The van der Waals surface area contributed by atoms with Crippen LogP contribution in [-0.4, -0.2) is 26.9 Å². The molecule has 4 aromatic rings. The molecule has 13 heteroatoms. The summed E-state index contributed by atoms with van der Waals surface area (Å²) < 4.78 is 89.5. The van der Waals surface area contributed by atoms with Crippen LogP contribution in [0.4, 0.5) is 23.2 Å². The quantitative estimate of drug-likeness (QED) is 0.201. The van der Waals surface area contributed by atoms with Crippen molar-refractivity contribution in [1.82, 2.24) is 0 Å². The van der Waals surface area contributed by atoms with Gasteiger partial charge in [-0.3, -0.25) is 9.10 Å². The van der Waals surface area contributed by atoms with Gasteiger partial charge in [0.05, 0.1) is 28.5 Å². The van der Waals surface area contributed by atoms with E-state index >= 15 is 0 Å². The van der Waals surface area contributed by atoms with Crippen molar-refractivity contribution in [2.24, 2.45) is 5.73 Å². The molecule has 1 aliphatic carbocycles. The van der Waals surface area contributed by atoms with Crippen LogP contribution in [0, 0.1) is 5.82 Å². The molecule has 0 unspecified atom stereocenters. The molecule has 0 spiro atoms. The van der Waals surface area contributed by atoms with Gasteiger partial charge in [0.25, 0.3) is 5.91 Å². The Hall–Kier alpha value is -3.58. The zero-order valence-corrected chi connectivity index (χ0v) is 23.9. The first-order valence-corrected chi connectivity index (χ1v) is 15.0. The zero-order chi connectivity index (χ0) is 29.7. The summed E-state index contributed by atoms with van der Waals surface area (Å²) in [6, 6.07) is 12.8. The molecule has 5 rings (SSSR count). The third-order valence-electron chi connectivity index (χ3n) is 6.67. The van der Waals surface area contributed by atoms with E-state index in [2.05, 4.69) is 20.7 Å². The van der Waals surface area contributed by atoms with Crippen LogP contribution < -0.4 is 14.8 Å². The summed E-state index contributed by atoms with van der Waals surface area (Å²) in [5.74, 6) is -1.42. The van der Waals surface area contributed by atoms with Crippen LogP contribution in [0.2, 0.25) is 0 Å². The Kier molecular flexibility index (Phi) is 7.53. The lowest BCUT2D eigenvalue weighted by atomic mass is 10.0. The molecule has 0 atom stereocenters. The lowest BCUT2D eigenvalue weighted by Gasteiger charge is -2.25. The average Bonchev–Trinajstić information content (AvgIpc) is 3.64. The molecular weight excluding hydrogens is 632 g/mol. The van der Waals surface area contributed by atoms with Gasteiger partial charge in [0.1, 0.15) is 22.9 Å². The van der Waals surface area contributed by atoms with E-state index in [1.54, 1.807) is 18.2 Å². The summed E-state index contributed by atoms with van der Waals surface area (Å²) in [4.78, 5) is 12.5. The summed E-state index contributed by atoms with van der Waals surface area (Å²) in [6.07, 6.45) is -2.24. The van der Waals surface area contributed by atoms with E-state index in [-0.39, 0.29) is 51.5 Å². The van der Waals surface area contributed by atoms with Gasteiger partial charge < -0.3 is 14.9 Å². The lowest BCUT2D eigenvalue weighted by Crippen LogP contribution is -2.30. The summed E-state index contributed by atoms with van der Waals surface area (Å²) in [5, 5.41) is 0.415. The summed E-state index contributed by atoms with van der Waals surface area (Å²) in [6.45, 7) is -0.294. The monoisotopic (exact) mass is 654 g/mol. The number of carbonyl (C=O) groups excluding carboxylic acids is 1. The van der Waals surface area contributed by atoms with Crippen LogP contribution in [0.25, 0.3) is 11.0 Å². The van der Waals surface area contributed by atoms with E-state index in [1.807, 2.05) is 0 Å². The van der Waals surface area contributed by atoms with Crippen molar-refractivity contribution < 1.29 is 39.9 Å². The van der Waals surface area contributed by atoms with Crippen LogP contribution in [0.5, 0.6) is 5.75 Å². The number of carbonyl (C=O) groups is 1. The Bertz CT molecular complexity index is 1750. The Labute approximate surface area is 241 Å². The molecule has 216 valence electrons. The van der Waals surface area contributed by atoms with Gasteiger partial charge in [-0.15, -0.1) is 13.2 Å². The van der Waals surface area contributed by atoms with E-state index in [0.717, 1.165) is 29.5 Å². The van der Waals surface area contributed by atoms with E-state index in [0.29, 0.717) is 16.5 Å². The normalized spacial score (nSPS) is 13.9. The number of furan rings is 1. The highest BCUT2D eigenvalue weighted by molar-refractivity contribution is 9.10. The Morgan fingerprint density at radius 3 is 2.34 bits per heavy atom. The van der Waals surface area contributed by atoms with Crippen molar-refractivity contribution in [2.75, 3.05) is 10.6 Å². The molecule has 0 radical (unpaired) electrons. The zero-order valence-electron chi connectivity index (χ0n) is 21.5. The smallest absolute Gasteiger partial charge is 0.460 e. The molecule has 1 aliphatic rings. The van der Waals surface area contributed by atoms with Gasteiger partial charge in [-0.05, 0) is 81.7 Å². The van der Waals surface area contributed by atoms with Crippen LogP contribution in [0.3, 0.4) is 0 Å². The molecule has 2 N–H and O–H groups in total. The maximum atomic E-state index is 13.4. The fourth-order valence-corrected chi connectivity index (χ4v) is 5.94. The van der Waals surface area contributed by atoms with Gasteiger partial charge in [0.2, 0.25) is 10.0 Å². The van der Waals surface area contributed by atoms with Crippen molar-refractivity contribution >= 4 is 48.5 Å². The number of hydrogen-bond acceptors (Lipinski definition) is 5. The van der Waals surface area contributed by atoms with Gasteiger partial charge in [0, 0.05) is 17.9 Å². The summed E-state index contributed by atoms with van der Waals surface area (Å²) >= 11 is 3.02. The Morgan fingerprint density at radius 2 is 1.76 bits per heavy atom. The highest BCUT2D eigenvalue weighted by atomic mass is 79.9. The number of anilines is 1. The molecule has 41 heavy (non-hydrogen) atoms. The Morgan fingerprint density at radius 1 is 1.10 bits per heavy atom. The van der Waals surface area contributed by atoms with Gasteiger partial charge in [0.15, 0.2) is 0 Å². The van der Waals surface area contributed by atoms with Crippen molar-refractivity contribution in [3.63, 3.8) is 0 Å². The maximum absolute atomic E-state index is 13.4. The predicted molar refractivity (Wildman–Crippen MR) is 148 cm³/mol. The molecule has 7 nitrogen and oxygen atoms in total. The fraction of sp³-hybridized carbons (Fsp3) is 0.250. The number of amides is 1. The molecule has 1 heterocycles. The number of rotatable bonds is 9. The van der Waals surface area contributed by atoms with E-state index < -0.39 is 33.9 Å². The van der Waals surface area contributed by atoms with Crippen LogP contribution in [0.15, 0.2) is 63.5 Å². The fourth-order valence-electron chi connectivity index (χ4n) is 4.72. The van der Waals surface area contributed by atoms with Gasteiger partial charge in [-0.2, -0.15) is 0 Å². The summed E-state index contributed by atoms with van der Waals surface area (Å²) in [5.41, 5.74) is 7.91. The van der Waals surface area contributed by atoms with Crippen molar-refractivity contribution in [1.29, 1.82) is 0 Å². The van der Waals surface area contributed by atoms with E-state index in [9.17, 15) is 30.8 Å². The van der Waals surface area contributed by atoms with Gasteiger partial charge >= 0.3 is 6.36 Å². The number of ether oxygens (including phenoxy) is 1. The molecule has 1 amide bonds. The first kappa shape index (κ1) is 28.9. The number of benzene rings is 3. The molecule has 1 saturated carbocycles. The third kappa shape index (κ3) is 6.51. The van der Waals surface area contributed by atoms with Crippen LogP contribution in [-0.2, 0) is 23.0 Å². The summed E-state index contributed by atoms with van der Waals surface area (Å²) in [7, 11) is -3.95. The molecule has 1 aromatic heterocycles. The third-order valence-corrected chi connectivity index (χ3v) is 8.45. The molecule has 0 bridgehead atoms. The standard InChI is InChI=1S/C28H23BrF4N2O5S/c1-41(37,38)35(14-16-4-9-21(29)24(11-16)40-28(31,32)33)22-13-23-20(12-19(22)17-5-6-17)26(27(34)36)25(39-23)10-15-2-7-18(30)8-3-15/h2-4,7-9,11-13,17H,5-6,10,14H2,1H3,(H2,34,36). The second-order valence-corrected chi connectivity index (χ2v) is 12.6. The molecule has 3 aromatic carbocycles. The van der Waals surface area contributed by atoms with Crippen LogP contribution >= 0.6 is 15.9 Å². The number of alkyl halides is 3. The predicted octanol–water partition coefficient (Wildman–Crippen LogP) is 6.77. The molecule has 0 saturated heterocycles. The highest BCUT2D eigenvalue weighted by Crippen LogP contribution is 2.47. The van der Waals surface area contributed by atoms with Gasteiger partial charge in [-0.25, -0.2) is 12.8 Å². The maximum Gasteiger partial charge on any atom is 0.573 e. The second kappa shape index (κ2) is 10.7. The first-order chi connectivity index (χ1) is 19.2. The molecular formula is C28H23BrF4N2O5S. The highest BCUT2D eigenvalue weighted by Gasteiger charge is 2.34. The van der Waals surface area contributed by atoms with Crippen molar-refractivity contribution in [2.45, 2.75) is 38.1 Å². The molecule has 0 aliphatic heterocycles. The van der Waals surface area contributed by atoms with Crippen LogP contribution in [0.1, 0.15) is 51.6 Å². The number of fused-ring (bicyclic) bond motifs is 1. The first-order valence-electron chi connectivity index (χ1n) is 12.3. The molecule has 1 fully saturated rings. The van der Waals surface area contributed by atoms with Crippen molar-refractivity contribution in [3.8, 4) is 5.75 Å². The number of primary amides is 1. The van der Waals surface area contributed by atoms with E-state index in [4.69, 9.17) is 10.2 Å². The largest absolute Gasteiger partial charge is 0.573 e. The number of nitrogens with zero attached hydrogens (tertiary/aromatic N) is 1. The van der Waals surface area contributed by atoms with Crippen molar-refractivity contribution in [3.05, 3.63) is 92.9 Å². The topological polar surface area (TPSA) is 103 Å². The van der Waals surface area contributed by atoms with E-state index in [1.165, 1.54) is 30.3 Å². The number of hydrogen-bond donors (Lipinski definition) is 1. The minimum atomic E-state index is -4.94. The SMILES string of the molecule is CS(=O)(=O)N(Cc1ccc(Br)c(OC(F)(F)F)c1)c1cc2oc(Cc3ccc(F)cc3)c(C(N)=O)c2cc1C1CC1. The van der Waals surface area contributed by atoms with Gasteiger partial charge in [-0.1, -0.05) is 18.2 Å². The average molecular weight is 655 g/mol. The number of sulfonamides is 1. The minimum absolute atomic E-state index is 0.00358. The Balaban J connectivity index is 1.61. The lowest BCUT2D eigenvalue weighted by molar-refractivity contribution is -0.274. The second-order valence-electron chi connectivity index (χ2n) is 9.83. The number of halogens is 5. The number of nitrogens with two attached hydrogens (primary N) is 1. The minimum Gasteiger partial charge on any atom is -0.460 e.